The molecule has 0 heterocycles. The summed E-state index contributed by atoms with van der Waals surface area (Å²) < 4.78 is 30.9. The predicted molar refractivity (Wildman–Crippen MR) is 73.7 cm³/mol. The van der Waals surface area contributed by atoms with Gasteiger partial charge in [-0.15, -0.1) is 18.5 Å². The Balaban J connectivity index is 2.81. The number of halogens is 2. The van der Waals surface area contributed by atoms with Gasteiger partial charge in [-0.2, -0.15) is 4.39 Å². The van der Waals surface area contributed by atoms with Gasteiger partial charge in [-0.05, 0) is 24.6 Å². The van der Waals surface area contributed by atoms with Crippen LogP contribution in [0.5, 0.6) is 0 Å². The van der Waals surface area contributed by atoms with Crippen molar-refractivity contribution in [3.63, 3.8) is 0 Å². The first-order chi connectivity index (χ1) is 8.04. The van der Waals surface area contributed by atoms with Gasteiger partial charge in [0.2, 0.25) is 0 Å². The topological polar surface area (TPSA) is 9.23 Å². The monoisotopic (exact) mass is 274 g/mol. The maximum absolute atomic E-state index is 13.0. The van der Waals surface area contributed by atoms with Crippen molar-refractivity contribution in [2.75, 3.05) is 0 Å². The van der Waals surface area contributed by atoms with E-state index in [1.54, 1.807) is 30.4 Å². The van der Waals surface area contributed by atoms with Crippen molar-refractivity contribution in [1.82, 2.24) is 0 Å². The van der Waals surface area contributed by atoms with E-state index in [-0.39, 0.29) is 5.83 Å². The van der Waals surface area contributed by atoms with Crippen LogP contribution in [0.2, 0.25) is 0 Å². The van der Waals surface area contributed by atoms with Crippen LogP contribution in [-0.2, 0) is 4.74 Å². The average Bonchev–Trinajstić information content (AvgIpc) is 2.53. The van der Waals surface area contributed by atoms with Crippen molar-refractivity contribution >= 4 is 18.5 Å². The highest BCUT2D eigenvalue weighted by molar-refractivity contribution is 7.23. The number of hydrogen-bond donors (Lipinski definition) is 0. The van der Waals surface area contributed by atoms with E-state index in [1.807, 2.05) is 0 Å². The quantitative estimate of drug-likeness (QED) is 0.555. The molecular formula is C12H14F2OP2. The van der Waals surface area contributed by atoms with Crippen molar-refractivity contribution < 1.29 is 13.5 Å². The lowest BCUT2D eigenvalue weighted by Gasteiger charge is -2.08. The number of ether oxygens (including phenoxy) is 1. The summed E-state index contributed by atoms with van der Waals surface area (Å²) >= 11 is 0. The van der Waals surface area contributed by atoms with E-state index in [0.29, 0.717) is 10.9 Å². The molecule has 0 spiro atoms. The second-order valence-corrected chi connectivity index (χ2v) is 4.28. The Morgan fingerprint density at radius 3 is 2.71 bits per heavy atom. The van der Waals surface area contributed by atoms with E-state index < -0.39 is 12.1 Å². The van der Waals surface area contributed by atoms with Crippen molar-refractivity contribution in [3.8, 4) is 0 Å². The maximum Gasteiger partial charge on any atom is 0.273 e. The molecule has 0 fully saturated rings. The minimum atomic E-state index is -0.666. The average molecular weight is 274 g/mol. The highest BCUT2D eigenvalue weighted by Crippen LogP contribution is 2.25. The van der Waals surface area contributed by atoms with Gasteiger partial charge >= 0.3 is 0 Å². The molecule has 0 bridgehead atoms. The van der Waals surface area contributed by atoms with E-state index in [1.165, 1.54) is 6.92 Å². The summed E-state index contributed by atoms with van der Waals surface area (Å²) in [6.45, 7) is 1.39. The molecular weight excluding hydrogens is 260 g/mol. The Morgan fingerprint density at radius 1 is 1.41 bits per heavy atom. The van der Waals surface area contributed by atoms with E-state index in [0.717, 1.165) is 5.82 Å². The van der Waals surface area contributed by atoms with Crippen LogP contribution in [0.4, 0.5) is 8.78 Å². The molecule has 3 unspecified atom stereocenters. The molecule has 1 aliphatic rings. The molecule has 0 saturated heterocycles. The Morgan fingerprint density at radius 2 is 2.12 bits per heavy atom. The van der Waals surface area contributed by atoms with E-state index in [4.69, 9.17) is 4.74 Å². The van der Waals surface area contributed by atoms with Gasteiger partial charge in [0.15, 0.2) is 0 Å². The fourth-order valence-corrected chi connectivity index (χ4v) is 1.48. The van der Waals surface area contributed by atoms with E-state index in [2.05, 4.69) is 18.5 Å². The van der Waals surface area contributed by atoms with Crippen molar-refractivity contribution in [1.29, 1.82) is 0 Å². The first-order valence-electron chi connectivity index (χ1n) is 4.97. The smallest absolute Gasteiger partial charge is 0.273 e. The second kappa shape index (κ2) is 6.83. The van der Waals surface area contributed by atoms with Crippen LogP contribution < -0.4 is 0 Å². The first-order valence-corrected chi connectivity index (χ1v) is 6.22. The van der Waals surface area contributed by atoms with Gasteiger partial charge in [0.25, 0.3) is 6.01 Å². The van der Waals surface area contributed by atoms with Crippen LogP contribution in [0, 0.1) is 0 Å². The molecule has 0 saturated carbocycles. The second-order valence-electron chi connectivity index (χ2n) is 3.37. The summed E-state index contributed by atoms with van der Waals surface area (Å²) in [5.74, 6) is 0.892. The Labute approximate surface area is 104 Å². The Kier molecular flexibility index (Phi) is 5.74. The Bertz CT molecular complexity index is 430. The lowest BCUT2D eigenvalue weighted by Crippen LogP contribution is -2.03. The number of hydrogen-bond acceptors (Lipinski definition) is 1. The van der Waals surface area contributed by atoms with Gasteiger partial charge in [-0.3, -0.25) is 0 Å². The normalized spacial score (nSPS) is 21.8. The highest BCUT2D eigenvalue weighted by atomic mass is 31.0. The summed E-state index contributed by atoms with van der Waals surface area (Å²) in [7, 11) is 4.46. The molecule has 5 heteroatoms. The molecule has 17 heavy (non-hydrogen) atoms. The molecule has 0 aromatic heterocycles. The van der Waals surface area contributed by atoms with Gasteiger partial charge in [-0.25, -0.2) is 4.39 Å². The molecule has 1 nitrogen and oxygen atoms in total. The fourth-order valence-electron chi connectivity index (χ4n) is 1.21. The largest absolute Gasteiger partial charge is 0.459 e. The third kappa shape index (κ3) is 4.53. The summed E-state index contributed by atoms with van der Waals surface area (Å²) in [6, 6.07) is -0.666. The molecule has 1 aliphatic carbocycles. The third-order valence-electron chi connectivity index (χ3n) is 2.10. The van der Waals surface area contributed by atoms with E-state index >= 15 is 0 Å². The number of allylic oxidation sites excluding steroid dienone is 6. The minimum absolute atomic E-state index is 0.269. The van der Waals surface area contributed by atoms with Gasteiger partial charge < -0.3 is 4.74 Å². The fraction of sp³-hybridized carbons (Fsp3) is 0.167. The lowest BCUT2D eigenvalue weighted by atomic mass is 10.2. The minimum Gasteiger partial charge on any atom is -0.459 e. The summed E-state index contributed by atoms with van der Waals surface area (Å²) in [5, 5.41) is 0.480. The van der Waals surface area contributed by atoms with Crippen molar-refractivity contribution in [2.24, 2.45) is 0 Å². The molecule has 1 rings (SSSR count). The highest BCUT2D eigenvalue weighted by Gasteiger charge is 2.08. The van der Waals surface area contributed by atoms with Gasteiger partial charge in [0.05, 0.1) is 0 Å². The molecule has 0 radical (unpaired) electrons. The lowest BCUT2D eigenvalue weighted by molar-refractivity contribution is 0.129. The SMILES string of the molecule is C/C(F)=C(\P)C1=CC=CC(O/C(F)=C\P)C=C1. The van der Waals surface area contributed by atoms with Crippen LogP contribution in [0.25, 0.3) is 0 Å². The predicted octanol–water partition coefficient (Wildman–Crippen LogP) is 4.14. The van der Waals surface area contributed by atoms with E-state index in [9.17, 15) is 8.78 Å². The molecule has 0 amide bonds. The van der Waals surface area contributed by atoms with Crippen LogP contribution in [0.1, 0.15) is 6.92 Å². The molecule has 0 aromatic carbocycles. The van der Waals surface area contributed by atoms with Crippen LogP contribution in [0.3, 0.4) is 0 Å². The maximum atomic E-state index is 13.0. The summed E-state index contributed by atoms with van der Waals surface area (Å²) in [5.41, 5.74) is 0.715. The Hall–Kier alpha value is -0.780. The number of rotatable bonds is 3. The summed E-state index contributed by atoms with van der Waals surface area (Å²) in [6.07, 6.45) is 8.01. The van der Waals surface area contributed by atoms with Crippen molar-refractivity contribution in [3.05, 3.63) is 58.9 Å². The molecule has 0 N–H and O–H groups in total. The van der Waals surface area contributed by atoms with Crippen LogP contribution >= 0.6 is 18.5 Å². The third-order valence-corrected chi connectivity index (χ3v) is 3.10. The van der Waals surface area contributed by atoms with Crippen LogP contribution in [-0.4, -0.2) is 6.10 Å². The standard InChI is InChI=1S/C12H14F2OP2/c1-8(13)12(17)9-3-2-4-10(6-5-9)15-11(14)7-16/h2-7,10H,16-17H2,1H3/b11-7-,12-8+. The van der Waals surface area contributed by atoms with Gasteiger partial charge in [0.1, 0.15) is 11.9 Å². The zero-order valence-corrected chi connectivity index (χ0v) is 11.7. The first kappa shape index (κ1) is 14.3. The zero-order chi connectivity index (χ0) is 12.8. The van der Waals surface area contributed by atoms with Gasteiger partial charge in [-0.1, -0.05) is 18.2 Å². The van der Waals surface area contributed by atoms with Crippen LogP contribution in [0.15, 0.2) is 58.9 Å². The molecule has 3 atom stereocenters. The molecule has 0 aliphatic heterocycles. The van der Waals surface area contributed by atoms with Gasteiger partial charge in [0, 0.05) is 11.1 Å². The summed E-state index contributed by atoms with van der Waals surface area (Å²) in [4.78, 5) is 0. The van der Waals surface area contributed by atoms with Crippen molar-refractivity contribution in [2.45, 2.75) is 13.0 Å². The molecule has 0 aromatic rings. The zero-order valence-electron chi connectivity index (χ0n) is 9.36. The molecule has 92 valence electrons.